The van der Waals surface area contributed by atoms with Crippen LogP contribution in [-0.4, -0.2) is 34.3 Å². The standard InChI is InChI=1S/C8H12N4O2/c9-6(13)8-10-7(11-12-8)5-2-1-3-14-4-5/h5H,1-4H2,(H2,9,13)(H,10,11,12). The number of hydrogen-bond acceptors (Lipinski definition) is 4. The fourth-order valence-electron chi connectivity index (χ4n) is 1.52. The van der Waals surface area contributed by atoms with E-state index in [-0.39, 0.29) is 11.7 Å². The predicted molar refractivity (Wildman–Crippen MR) is 47.7 cm³/mol. The van der Waals surface area contributed by atoms with E-state index in [0.29, 0.717) is 12.4 Å². The summed E-state index contributed by atoms with van der Waals surface area (Å²) in [6, 6.07) is 0. The Labute approximate surface area is 80.8 Å². The minimum absolute atomic E-state index is 0.0468. The first-order valence-corrected chi connectivity index (χ1v) is 4.57. The molecular weight excluding hydrogens is 184 g/mol. The molecule has 14 heavy (non-hydrogen) atoms. The van der Waals surface area contributed by atoms with E-state index >= 15 is 0 Å². The molecule has 1 amide bonds. The van der Waals surface area contributed by atoms with E-state index in [0.717, 1.165) is 19.4 Å². The molecule has 2 rings (SSSR count). The molecule has 1 saturated heterocycles. The summed E-state index contributed by atoms with van der Waals surface area (Å²) in [4.78, 5) is 14.8. The maximum atomic E-state index is 10.7. The van der Waals surface area contributed by atoms with Gasteiger partial charge in [0.05, 0.1) is 6.61 Å². The van der Waals surface area contributed by atoms with Crippen molar-refractivity contribution in [3.05, 3.63) is 11.6 Å². The van der Waals surface area contributed by atoms with Crippen LogP contribution >= 0.6 is 0 Å². The normalized spacial score (nSPS) is 22.1. The summed E-state index contributed by atoms with van der Waals surface area (Å²) in [5, 5.41) is 6.44. The molecule has 1 fully saturated rings. The number of H-pyrrole nitrogens is 1. The molecular formula is C8H12N4O2. The molecule has 1 aromatic rings. The second kappa shape index (κ2) is 3.75. The zero-order valence-electron chi connectivity index (χ0n) is 7.69. The third-order valence-corrected chi connectivity index (χ3v) is 2.27. The van der Waals surface area contributed by atoms with Crippen LogP contribution in [0.15, 0.2) is 0 Å². The van der Waals surface area contributed by atoms with Gasteiger partial charge in [0, 0.05) is 12.5 Å². The first-order valence-electron chi connectivity index (χ1n) is 4.57. The highest BCUT2D eigenvalue weighted by Gasteiger charge is 2.20. The molecule has 1 atom stereocenters. The van der Waals surface area contributed by atoms with Crippen molar-refractivity contribution < 1.29 is 9.53 Å². The average molecular weight is 196 g/mol. The molecule has 6 nitrogen and oxygen atoms in total. The first-order chi connectivity index (χ1) is 6.77. The number of primary amides is 1. The molecule has 0 aromatic carbocycles. The van der Waals surface area contributed by atoms with Crippen LogP contribution in [0.2, 0.25) is 0 Å². The number of hydrogen-bond donors (Lipinski definition) is 2. The number of nitrogens with two attached hydrogens (primary N) is 1. The van der Waals surface area contributed by atoms with E-state index in [9.17, 15) is 4.79 Å². The summed E-state index contributed by atoms with van der Waals surface area (Å²) in [6.07, 6.45) is 2.02. The number of aromatic amines is 1. The zero-order valence-corrected chi connectivity index (χ0v) is 7.69. The molecule has 1 aromatic heterocycles. The number of nitrogens with zero attached hydrogens (tertiary/aromatic N) is 2. The van der Waals surface area contributed by atoms with Crippen molar-refractivity contribution in [1.29, 1.82) is 0 Å². The number of aromatic nitrogens is 3. The average Bonchev–Trinajstić information content (AvgIpc) is 2.68. The van der Waals surface area contributed by atoms with E-state index in [1.165, 1.54) is 0 Å². The largest absolute Gasteiger partial charge is 0.381 e. The van der Waals surface area contributed by atoms with E-state index in [1.54, 1.807) is 0 Å². The Balaban J connectivity index is 2.11. The summed E-state index contributed by atoms with van der Waals surface area (Å²) in [6.45, 7) is 1.43. The van der Waals surface area contributed by atoms with Crippen LogP contribution in [0, 0.1) is 0 Å². The van der Waals surface area contributed by atoms with Gasteiger partial charge in [0.1, 0.15) is 5.82 Å². The number of amides is 1. The van der Waals surface area contributed by atoms with Gasteiger partial charge in [-0.15, -0.1) is 5.10 Å². The smallest absolute Gasteiger partial charge is 0.288 e. The Kier molecular flexibility index (Phi) is 2.45. The van der Waals surface area contributed by atoms with Gasteiger partial charge in [-0.3, -0.25) is 9.89 Å². The number of carbonyl (C=O) groups excluding carboxylic acids is 1. The van der Waals surface area contributed by atoms with Crippen LogP contribution in [-0.2, 0) is 4.74 Å². The first kappa shape index (κ1) is 9.14. The molecule has 0 bridgehead atoms. The molecule has 1 aliphatic heterocycles. The molecule has 3 N–H and O–H groups in total. The van der Waals surface area contributed by atoms with Gasteiger partial charge < -0.3 is 10.5 Å². The molecule has 0 saturated carbocycles. The number of carbonyl (C=O) groups is 1. The Hall–Kier alpha value is -1.43. The van der Waals surface area contributed by atoms with Crippen molar-refractivity contribution in [3.63, 3.8) is 0 Å². The monoisotopic (exact) mass is 196 g/mol. The maximum absolute atomic E-state index is 10.7. The van der Waals surface area contributed by atoms with Gasteiger partial charge in [-0.25, -0.2) is 4.98 Å². The van der Waals surface area contributed by atoms with Crippen molar-refractivity contribution in [2.45, 2.75) is 18.8 Å². The molecule has 1 aliphatic rings. The summed E-state index contributed by atoms with van der Waals surface area (Å²) in [5.74, 6) is 0.345. The Morgan fingerprint density at radius 1 is 1.64 bits per heavy atom. The van der Waals surface area contributed by atoms with Crippen LogP contribution in [0.1, 0.15) is 35.2 Å². The summed E-state index contributed by atoms with van der Waals surface area (Å²) < 4.78 is 5.30. The predicted octanol–water partition coefficient (Wildman–Crippen LogP) is -0.202. The lowest BCUT2D eigenvalue weighted by atomic mass is 10.0. The minimum atomic E-state index is -0.607. The molecule has 0 aliphatic carbocycles. The van der Waals surface area contributed by atoms with Crippen molar-refractivity contribution in [3.8, 4) is 0 Å². The van der Waals surface area contributed by atoms with Crippen LogP contribution in [0.3, 0.4) is 0 Å². The van der Waals surface area contributed by atoms with Gasteiger partial charge >= 0.3 is 0 Å². The van der Waals surface area contributed by atoms with Crippen LogP contribution in [0.5, 0.6) is 0 Å². The molecule has 76 valence electrons. The van der Waals surface area contributed by atoms with Crippen molar-refractivity contribution in [2.24, 2.45) is 5.73 Å². The highest BCUT2D eigenvalue weighted by atomic mass is 16.5. The van der Waals surface area contributed by atoms with Crippen molar-refractivity contribution in [2.75, 3.05) is 13.2 Å². The highest BCUT2D eigenvalue weighted by Crippen LogP contribution is 2.21. The van der Waals surface area contributed by atoms with E-state index in [2.05, 4.69) is 15.2 Å². The van der Waals surface area contributed by atoms with E-state index < -0.39 is 5.91 Å². The number of ether oxygens (including phenoxy) is 1. The summed E-state index contributed by atoms with van der Waals surface area (Å²) in [7, 11) is 0. The summed E-state index contributed by atoms with van der Waals surface area (Å²) >= 11 is 0. The van der Waals surface area contributed by atoms with E-state index in [1.807, 2.05) is 0 Å². The second-order valence-corrected chi connectivity index (χ2v) is 3.32. The van der Waals surface area contributed by atoms with Gasteiger partial charge in [-0.2, -0.15) is 0 Å². The fraction of sp³-hybridized carbons (Fsp3) is 0.625. The lowest BCUT2D eigenvalue weighted by Crippen LogP contribution is -2.17. The van der Waals surface area contributed by atoms with Gasteiger partial charge in [0.15, 0.2) is 0 Å². The van der Waals surface area contributed by atoms with Gasteiger partial charge in [0.25, 0.3) is 5.91 Å². The molecule has 2 heterocycles. The highest BCUT2D eigenvalue weighted by molar-refractivity contribution is 5.88. The van der Waals surface area contributed by atoms with Gasteiger partial charge in [-0.05, 0) is 12.8 Å². The van der Waals surface area contributed by atoms with Gasteiger partial charge in [-0.1, -0.05) is 0 Å². The van der Waals surface area contributed by atoms with Crippen molar-refractivity contribution in [1.82, 2.24) is 15.2 Å². The van der Waals surface area contributed by atoms with Crippen LogP contribution < -0.4 is 5.73 Å². The number of rotatable bonds is 2. The molecule has 6 heteroatoms. The Morgan fingerprint density at radius 2 is 2.50 bits per heavy atom. The third kappa shape index (κ3) is 1.74. The Morgan fingerprint density at radius 3 is 3.07 bits per heavy atom. The minimum Gasteiger partial charge on any atom is -0.381 e. The van der Waals surface area contributed by atoms with Crippen LogP contribution in [0.25, 0.3) is 0 Å². The molecule has 0 spiro atoms. The SMILES string of the molecule is NC(=O)c1n[nH]c(C2CCCOC2)n1. The van der Waals surface area contributed by atoms with Crippen LogP contribution in [0.4, 0.5) is 0 Å². The zero-order chi connectivity index (χ0) is 9.97. The third-order valence-electron chi connectivity index (χ3n) is 2.27. The summed E-state index contributed by atoms with van der Waals surface area (Å²) in [5.41, 5.74) is 5.04. The lowest BCUT2D eigenvalue weighted by Gasteiger charge is -2.19. The fourth-order valence-corrected chi connectivity index (χ4v) is 1.52. The topological polar surface area (TPSA) is 93.9 Å². The maximum Gasteiger partial charge on any atom is 0.288 e. The number of nitrogens with one attached hydrogen (secondary N) is 1. The molecule has 1 unspecified atom stereocenters. The van der Waals surface area contributed by atoms with E-state index in [4.69, 9.17) is 10.5 Å². The quantitative estimate of drug-likeness (QED) is 0.684. The Bertz CT molecular complexity index is 330. The second-order valence-electron chi connectivity index (χ2n) is 3.32. The van der Waals surface area contributed by atoms with Gasteiger partial charge in [0.2, 0.25) is 5.82 Å². The van der Waals surface area contributed by atoms with Crippen molar-refractivity contribution >= 4 is 5.91 Å². The lowest BCUT2D eigenvalue weighted by molar-refractivity contribution is 0.0781. The molecule has 0 radical (unpaired) electrons.